The Bertz CT molecular complexity index is 435. The van der Waals surface area contributed by atoms with Gasteiger partial charge >= 0.3 is 0 Å². The van der Waals surface area contributed by atoms with Crippen LogP contribution in [0, 0.1) is 5.41 Å². The Morgan fingerprint density at radius 2 is 1.95 bits per heavy atom. The molecule has 1 aromatic rings. The largest absolute Gasteiger partial charge is 0.380 e. The van der Waals surface area contributed by atoms with Gasteiger partial charge in [-0.3, -0.25) is 0 Å². The van der Waals surface area contributed by atoms with Crippen molar-refractivity contribution < 1.29 is 4.74 Å². The van der Waals surface area contributed by atoms with Crippen LogP contribution in [0.3, 0.4) is 0 Å². The van der Waals surface area contributed by atoms with Gasteiger partial charge in [0.05, 0.1) is 13.2 Å². The van der Waals surface area contributed by atoms with Crippen molar-refractivity contribution >= 4 is 0 Å². The SMILES string of the molecule is NCC1(CNCc2ccc3c(c2)CCCC3)COC1. The lowest BCUT2D eigenvalue weighted by Gasteiger charge is -2.40. The van der Waals surface area contributed by atoms with Gasteiger partial charge in [0.2, 0.25) is 0 Å². The Balaban J connectivity index is 1.55. The van der Waals surface area contributed by atoms with Crippen molar-refractivity contribution in [1.29, 1.82) is 0 Å². The van der Waals surface area contributed by atoms with Crippen molar-refractivity contribution in [2.24, 2.45) is 11.1 Å². The van der Waals surface area contributed by atoms with Gasteiger partial charge in [-0.2, -0.15) is 0 Å². The molecule has 0 atom stereocenters. The summed E-state index contributed by atoms with van der Waals surface area (Å²) in [5.74, 6) is 0. The topological polar surface area (TPSA) is 47.3 Å². The number of benzene rings is 1. The van der Waals surface area contributed by atoms with Crippen LogP contribution in [0.5, 0.6) is 0 Å². The number of fused-ring (bicyclic) bond motifs is 1. The third-order valence-corrected chi connectivity index (χ3v) is 4.49. The third kappa shape index (κ3) is 2.83. The summed E-state index contributed by atoms with van der Waals surface area (Å²) in [6.45, 7) is 4.22. The van der Waals surface area contributed by atoms with Crippen LogP contribution in [0.25, 0.3) is 0 Å². The van der Waals surface area contributed by atoms with Crippen LogP contribution in [0.15, 0.2) is 18.2 Å². The van der Waals surface area contributed by atoms with Crippen molar-refractivity contribution in [3.63, 3.8) is 0 Å². The van der Waals surface area contributed by atoms with Crippen LogP contribution >= 0.6 is 0 Å². The molecule has 0 unspecified atom stereocenters. The summed E-state index contributed by atoms with van der Waals surface area (Å²) in [6.07, 6.45) is 5.21. The molecule has 1 fully saturated rings. The lowest BCUT2D eigenvalue weighted by atomic mass is 9.86. The van der Waals surface area contributed by atoms with E-state index in [4.69, 9.17) is 10.5 Å². The lowest BCUT2D eigenvalue weighted by Crippen LogP contribution is -2.54. The van der Waals surface area contributed by atoms with Gasteiger partial charge in [0.25, 0.3) is 0 Å². The molecule has 1 aliphatic carbocycles. The number of nitrogens with one attached hydrogen (secondary N) is 1. The molecule has 1 heterocycles. The first-order chi connectivity index (χ1) is 9.31. The van der Waals surface area contributed by atoms with Gasteiger partial charge < -0.3 is 15.8 Å². The molecule has 19 heavy (non-hydrogen) atoms. The molecule has 104 valence electrons. The summed E-state index contributed by atoms with van der Waals surface area (Å²) in [7, 11) is 0. The summed E-state index contributed by atoms with van der Waals surface area (Å²) in [4.78, 5) is 0. The quantitative estimate of drug-likeness (QED) is 0.846. The molecule has 3 rings (SSSR count). The van der Waals surface area contributed by atoms with Crippen LogP contribution in [0.4, 0.5) is 0 Å². The molecular weight excluding hydrogens is 236 g/mol. The second-order valence-electron chi connectivity index (χ2n) is 6.11. The molecular formula is C16H24N2O. The Kier molecular flexibility index (Phi) is 3.87. The maximum Gasteiger partial charge on any atom is 0.0569 e. The molecule has 0 amide bonds. The van der Waals surface area contributed by atoms with Crippen molar-refractivity contribution in [2.45, 2.75) is 32.2 Å². The Morgan fingerprint density at radius 3 is 2.63 bits per heavy atom. The van der Waals surface area contributed by atoms with Gasteiger partial charge in [0.1, 0.15) is 0 Å². The number of nitrogens with two attached hydrogens (primary N) is 1. The fourth-order valence-corrected chi connectivity index (χ4v) is 3.05. The molecule has 3 nitrogen and oxygen atoms in total. The first-order valence-electron chi connectivity index (χ1n) is 7.41. The number of aryl methyl sites for hydroxylation is 2. The first-order valence-corrected chi connectivity index (χ1v) is 7.41. The normalized spacial score (nSPS) is 20.7. The second kappa shape index (κ2) is 5.61. The fraction of sp³-hybridized carbons (Fsp3) is 0.625. The van der Waals surface area contributed by atoms with Gasteiger partial charge in [-0.15, -0.1) is 0 Å². The highest BCUT2D eigenvalue weighted by Gasteiger charge is 2.36. The third-order valence-electron chi connectivity index (χ3n) is 4.49. The minimum absolute atomic E-state index is 0.189. The molecule has 2 aliphatic rings. The lowest BCUT2D eigenvalue weighted by molar-refractivity contribution is -0.105. The van der Waals surface area contributed by atoms with Crippen molar-refractivity contribution in [1.82, 2.24) is 5.32 Å². The average Bonchev–Trinajstić information content (AvgIpc) is 2.42. The minimum Gasteiger partial charge on any atom is -0.380 e. The predicted molar refractivity (Wildman–Crippen MR) is 77.1 cm³/mol. The predicted octanol–water partition coefficient (Wildman–Crippen LogP) is 1.63. The molecule has 0 spiro atoms. The maximum absolute atomic E-state index is 5.82. The molecule has 1 aliphatic heterocycles. The van der Waals surface area contributed by atoms with E-state index in [2.05, 4.69) is 23.5 Å². The summed E-state index contributed by atoms with van der Waals surface area (Å²) < 4.78 is 5.29. The Hall–Kier alpha value is -0.900. The molecule has 1 saturated heterocycles. The van der Waals surface area contributed by atoms with Crippen LogP contribution in [0.1, 0.15) is 29.5 Å². The summed E-state index contributed by atoms with van der Waals surface area (Å²) in [5.41, 5.74) is 10.5. The van der Waals surface area contributed by atoms with E-state index in [0.717, 1.165) is 26.3 Å². The molecule has 3 heteroatoms. The van der Waals surface area contributed by atoms with E-state index >= 15 is 0 Å². The highest BCUT2D eigenvalue weighted by molar-refractivity contribution is 5.33. The van der Waals surface area contributed by atoms with Crippen LogP contribution < -0.4 is 11.1 Å². The summed E-state index contributed by atoms with van der Waals surface area (Å²) >= 11 is 0. The zero-order chi connectivity index (χ0) is 13.1. The van der Waals surface area contributed by atoms with Crippen molar-refractivity contribution in [2.75, 3.05) is 26.3 Å². The first kappa shape index (κ1) is 13.1. The van der Waals surface area contributed by atoms with E-state index < -0.39 is 0 Å². The van der Waals surface area contributed by atoms with E-state index in [1.165, 1.54) is 31.2 Å². The van der Waals surface area contributed by atoms with Gasteiger partial charge in [-0.05, 0) is 42.4 Å². The van der Waals surface area contributed by atoms with Crippen LogP contribution in [-0.2, 0) is 24.1 Å². The standard InChI is InChI=1S/C16H24N2O/c17-9-16(11-19-12-16)10-18-8-13-5-6-14-3-1-2-4-15(14)7-13/h5-7,18H,1-4,8-12,17H2. The summed E-state index contributed by atoms with van der Waals surface area (Å²) in [6, 6.07) is 6.97. The van der Waals surface area contributed by atoms with Gasteiger partial charge in [0.15, 0.2) is 0 Å². The molecule has 1 aromatic carbocycles. The van der Waals surface area contributed by atoms with E-state index in [9.17, 15) is 0 Å². The Labute approximate surface area is 115 Å². The summed E-state index contributed by atoms with van der Waals surface area (Å²) in [5, 5.41) is 3.54. The van der Waals surface area contributed by atoms with E-state index in [-0.39, 0.29) is 5.41 Å². The molecule has 3 N–H and O–H groups in total. The molecule has 0 radical (unpaired) electrons. The zero-order valence-corrected chi connectivity index (χ0v) is 11.6. The molecule has 0 bridgehead atoms. The Morgan fingerprint density at radius 1 is 1.16 bits per heavy atom. The number of ether oxygens (including phenoxy) is 1. The second-order valence-corrected chi connectivity index (χ2v) is 6.11. The molecule has 0 aromatic heterocycles. The average molecular weight is 260 g/mol. The zero-order valence-electron chi connectivity index (χ0n) is 11.6. The smallest absolute Gasteiger partial charge is 0.0569 e. The number of hydrogen-bond acceptors (Lipinski definition) is 3. The number of hydrogen-bond donors (Lipinski definition) is 2. The van der Waals surface area contributed by atoms with Crippen LogP contribution in [-0.4, -0.2) is 26.3 Å². The maximum atomic E-state index is 5.82. The van der Waals surface area contributed by atoms with E-state index in [0.29, 0.717) is 6.54 Å². The highest BCUT2D eigenvalue weighted by Crippen LogP contribution is 2.25. The van der Waals surface area contributed by atoms with E-state index in [1.807, 2.05) is 0 Å². The fourth-order valence-electron chi connectivity index (χ4n) is 3.05. The van der Waals surface area contributed by atoms with Gasteiger partial charge in [0, 0.05) is 25.0 Å². The van der Waals surface area contributed by atoms with Crippen molar-refractivity contribution in [3.05, 3.63) is 34.9 Å². The monoisotopic (exact) mass is 260 g/mol. The van der Waals surface area contributed by atoms with E-state index in [1.54, 1.807) is 11.1 Å². The molecule has 0 saturated carbocycles. The van der Waals surface area contributed by atoms with Crippen LogP contribution in [0.2, 0.25) is 0 Å². The van der Waals surface area contributed by atoms with Gasteiger partial charge in [-0.25, -0.2) is 0 Å². The minimum atomic E-state index is 0.189. The van der Waals surface area contributed by atoms with Crippen molar-refractivity contribution in [3.8, 4) is 0 Å². The number of rotatable bonds is 5. The van der Waals surface area contributed by atoms with Gasteiger partial charge in [-0.1, -0.05) is 18.2 Å². The highest BCUT2D eigenvalue weighted by atomic mass is 16.5.